The number of hydrogen-bond acceptors (Lipinski definition) is 3. The lowest BCUT2D eigenvalue weighted by Crippen LogP contribution is -2.38. The summed E-state index contributed by atoms with van der Waals surface area (Å²) < 4.78 is 13.3. The van der Waals surface area contributed by atoms with Crippen LogP contribution in [0.1, 0.15) is 42.6 Å². The Hall–Kier alpha value is -2.99. The van der Waals surface area contributed by atoms with Gasteiger partial charge in [0.2, 0.25) is 6.41 Å². The van der Waals surface area contributed by atoms with Gasteiger partial charge in [0, 0.05) is 18.0 Å². The Morgan fingerprint density at radius 2 is 1.91 bits per heavy atom. The van der Waals surface area contributed by atoms with E-state index in [0.29, 0.717) is 23.8 Å². The van der Waals surface area contributed by atoms with Crippen LogP contribution in [-0.4, -0.2) is 29.9 Å². The van der Waals surface area contributed by atoms with Crippen molar-refractivity contribution >= 4 is 40.5 Å². The van der Waals surface area contributed by atoms with Crippen molar-refractivity contribution in [3.8, 4) is 0 Å². The first-order valence-corrected chi connectivity index (χ1v) is 11.2. The van der Waals surface area contributed by atoms with Gasteiger partial charge < -0.3 is 10.2 Å². The number of pyridine rings is 1. The first-order chi connectivity index (χ1) is 15.5. The van der Waals surface area contributed by atoms with Gasteiger partial charge >= 0.3 is 0 Å². The van der Waals surface area contributed by atoms with Crippen LogP contribution in [0, 0.1) is 11.7 Å². The van der Waals surface area contributed by atoms with Crippen molar-refractivity contribution in [2.75, 3.05) is 11.4 Å². The van der Waals surface area contributed by atoms with Crippen LogP contribution in [0.3, 0.4) is 0 Å². The number of carbonyl (C=O) groups is 2. The molecule has 2 amide bonds. The summed E-state index contributed by atoms with van der Waals surface area (Å²) in [6.45, 7) is 0.525. The van der Waals surface area contributed by atoms with E-state index < -0.39 is 5.82 Å². The minimum Gasteiger partial charge on any atom is -0.348 e. The van der Waals surface area contributed by atoms with Crippen molar-refractivity contribution in [2.45, 2.75) is 38.1 Å². The summed E-state index contributed by atoms with van der Waals surface area (Å²) in [6, 6.07) is 15.6. The van der Waals surface area contributed by atoms with Gasteiger partial charge in [-0.3, -0.25) is 9.59 Å². The van der Waals surface area contributed by atoms with Gasteiger partial charge in [-0.1, -0.05) is 35.9 Å². The average molecular weight is 454 g/mol. The van der Waals surface area contributed by atoms with E-state index in [4.69, 9.17) is 11.6 Å². The SMILES string of the molecule is O=CN(CC[C@H]1CC[C@@H](NC(=O)c2ccc3ccccc3n2)CC1)c1ccc(F)cc1Cl. The number of rotatable bonds is 7. The maximum Gasteiger partial charge on any atom is 0.270 e. The van der Waals surface area contributed by atoms with Crippen LogP contribution < -0.4 is 10.2 Å². The molecule has 2 aromatic carbocycles. The van der Waals surface area contributed by atoms with Crippen molar-refractivity contribution in [3.63, 3.8) is 0 Å². The normalized spacial score (nSPS) is 18.3. The van der Waals surface area contributed by atoms with E-state index in [1.54, 1.807) is 6.07 Å². The Morgan fingerprint density at radius 1 is 1.12 bits per heavy atom. The molecule has 1 aliphatic rings. The molecule has 0 atom stereocenters. The van der Waals surface area contributed by atoms with E-state index in [0.717, 1.165) is 49.4 Å². The van der Waals surface area contributed by atoms with Crippen LogP contribution >= 0.6 is 11.6 Å². The topological polar surface area (TPSA) is 62.3 Å². The highest BCUT2D eigenvalue weighted by molar-refractivity contribution is 6.33. The molecule has 166 valence electrons. The van der Waals surface area contributed by atoms with Crippen molar-refractivity contribution in [2.24, 2.45) is 5.92 Å². The van der Waals surface area contributed by atoms with Gasteiger partial charge in [-0.25, -0.2) is 9.37 Å². The number of amides is 2. The molecule has 5 nitrogen and oxygen atoms in total. The van der Waals surface area contributed by atoms with Gasteiger partial charge in [-0.05, 0) is 68.4 Å². The first kappa shape index (κ1) is 22.2. The largest absolute Gasteiger partial charge is 0.348 e. The van der Waals surface area contributed by atoms with E-state index in [9.17, 15) is 14.0 Å². The Labute approximate surface area is 191 Å². The fraction of sp³-hybridized carbons (Fsp3) is 0.320. The molecule has 1 heterocycles. The van der Waals surface area contributed by atoms with E-state index in [2.05, 4.69) is 10.3 Å². The zero-order valence-corrected chi connectivity index (χ0v) is 18.4. The molecular formula is C25H25ClFN3O2. The third-order valence-electron chi connectivity index (χ3n) is 6.14. The zero-order valence-electron chi connectivity index (χ0n) is 17.6. The van der Waals surface area contributed by atoms with Crippen LogP contribution in [0.25, 0.3) is 10.9 Å². The molecule has 0 bridgehead atoms. The van der Waals surface area contributed by atoms with E-state index in [1.165, 1.54) is 23.1 Å². The highest BCUT2D eigenvalue weighted by Gasteiger charge is 2.24. The summed E-state index contributed by atoms with van der Waals surface area (Å²) in [4.78, 5) is 30.2. The lowest BCUT2D eigenvalue weighted by atomic mass is 9.84. The van der Waals surface area contributed by atoms with Crippen molar-refractivity contribution in [1.82, 2.24) is 10.3 Å². The predicted molar refractivity (Wildman–Crippen MR) is 124 cm³/mol. The molecule has 1 aromatic heterocycles. The zero-order chi connectivity index (χ0) is 22.5. The van der Waals surface area contributed by atoms with Crippen molar-refractivity contribution in [3.05, 3.63) is 71.1 Å². The van der Waals surface area contributed by atoms with E-state index >= 15 is 0 Å². The summed E-state index contributed by atoms with van der Waals surface area (Å²) in [5.74, 6) is -0.107. The van der Waals surface area contributed by atoms with Crippen LogP contribution in [0.4, 0.5) is 10.1 Å². The minimum atomic E-state index is -0.427. The third kappa shape index (κ3) is 5.25. The molecular weight excluding hydrogens is 429 g/mol. The lowest BCUT2D eigenvalue weighted by molar-refractivity contribution is -0.107. The number of benzene rings is 2. The average Bonchev–Trinajstić information content (AvgIpc) is 2.81. The van der Waals surface area contributed by atoms with Gasteiger partial charge in [0.25, 0.3) is 5.91 Å². The van der Waals surface area contributed by atoms with Crippen LogP contribution in [0.15, 0.2) is 54.6 Å². The molecule has 4 rings (SSSR count). The quantitative estimate of drug-likeness (QED) is 0.489. The summed E-state index contributed by atoms with van der Waals surface area (Å²) >= 11 is 6.09. The molecule has 1 saturated carbocycles. The maximum absolute atomic E-state index is 13.3. The number of nitrogens with zero attached hydrogens (tertiary/aromatic N) is 2. The number of hydrogen-bond donors (Lipinski definition) is 1. The lowest BCUT2D eigenvalue weighted by Gasteiger charge is -2.30. The Kier molecular flexibility index (Phi) is 7.00. The summed E-state index contributed by atoms with van der Waals surface area (Å²) in [6.07, 6.45) is 5.30. The second-order valence-electron chi connectivity index (χ2n) is 8.26. The molecule has 1 fully saturated rings. The smallest absolute Gasteiger partial charge is 0.270 e. The Bertz CT molecular complexity index is 1120. The molecule has 0 unspecified atom stereocenters. The molecule has 1 N–H and O–H groups in total. The highest BCUT2D eigenvalue weighted by atomic mass is 35.5. The van der Waals surface area contributed by atoms with Gasteiger partial charge in [-0.2, -0.15) is 0 Å². The van der Waals surface area contributed by atoms with Crippen LogP contribution in [-0.2, 0) is 4.79 Å². The number of halogens is 2. The Balaban J connectivity index is 1.27. The first-order valence-electron chi connectivity index (χ1n) is 10.9. The molecule has 32 heavy (non-hydrogen) atoms. The summed E-state index contributed by atoms with van der Waals surface area (Å²) in [7, 11) is 0. The molecule has 3 aromatic rings. The standard InChI is InChI=1S/C25H25ClFN3O2/c26-21-15-19(27)8-12-24(21)30(16-31)14-13-17-5-9-20(10-6-17)28-25(32)23-11-7-18-3-1-2-4-22(18)29-23/h1-4,7-8,11-12,15-17,20H,5-6,9-10,13-14H2,(H,28,32)/t17-,20+. The summed E-state index contributed by atoms with van der Waals surface area (Å²) in [5, 5.41) is 4.35. The highest BCUT2D eigenvalue weighted by Crippen LogP contribution is 2.30. The fourth-order valence-corrected chi connectivity index (χ4v) is 4.59. The monoisotopic (exact) mass is 453 g/mol. The number of fused-ring (bicyclic) bond motifs is 1. The number of nitrogens with one attached hydrogen (secondary N) is 1. The molecule has 0 aliphatic heterocycles. The second kappa shape index (κ2) is 10.1. The fourth-order valence-electron chi connectivity index (χ4n) is 4.31. The second-order valence-corrected chi connectivity index (χ2v) is 8.67. The molecule has 7 heteroatoms. The summed E-state index contributed by atoms with van der Waals surface area (Å²) in [5.41, 5.74) is 1.76. The molecule has 0 radical (unpaired) electrons. The van der Waals surface area contributed by atoms with Crippen molar-refractivity contribution < 1.29 is 14.0 Å². The number of para-hydroxylation sites is 1. The minimum absolute atomic E-state index is 0.126. The molecule has 0 spiro atoms. The van der Waals surface area contributed by atoms with E-state index in [1.807, 2.05) is 30.3 Å². The number of anilines is 1. The van der Waals surface area contributed by atoms with Crippen molar-refractivity contribution in [1.29, 1.82) is 0 Å². The number of carbonyl (C=O) groups excluding carboxylic acids is 2. The third-order valence-corrected chi connectivity index (χ3v) is 6.44. The van der Waals surface area contributed by atoms with Crippen LogP contribution in [0.5, 0.6) is 0 Å². The van der Waals surface area contributed by atoms with Gasteiger partial charge in [-0.15, -0.1) is 0 Å². The predicted octanol–water partition coefficient (Wildman–Crippen LogP) is 5.37. The van der Waals surface area contributed by atoms with Gasteiger partial charge in [0.05, 0.1) is 16.2 Å². The maximum atomic E-state index is 13.3. The Morgan fingerprint density at radius 3 is 2.66 bits per heavy atom. The number of aromatic nitrogens is 1. The van der Waals surface area contributed by atoms with Crippen LogP contribution in [0.2, 0.25) is 5.02 Å². The molecule has 0 saturated heterocycles. The van der Waals surface area contributed by atoms with E-state index in [-0.39, 0.29) is 17.0 Å². The molecule has 1 aliphatic carbocycles. The van der Waals surface area contributed by atoms with Gasteiger partial charge in [0.1, 0.15) is 11.5 Å². The van der Waals surface area contributed by atoms with Gasteiger partial charge in [0.15, 0.2) is 0 Å².